The maximum atomic E-state index is 5.60. The molecule has 0 saturated carbocycles. The summed E-state index contributed by atoms with van der Waals surface area (Å²) in [5, 5.41) is 0.492. The van der Waals surface area contributed by atoms with Crippen molar-refractivity contribution in [1.29, 1.82) is 0 Å². The fourth-order valence-electron chi connectivity index (χ4n) is 1.50. The molecule has 0 radical (unpaired) electrons. The van der Waals surface area contributed by atoms with Crippen molar-refractivity contribution in [3.63, 3.8) is 0 Å². The normalized spacial score (nSPS) is 22.4. The molecule has 4 heteroatoms. The summed E-state index contributed by atoms with van der Waals surface area (Å²) in [6, 6.07) is 0. The van der Waals surface area contributed by atoms with Crippen LogP contribution < -0.4 is 5.73 Å². The van der Waals surface area contributed by atoms with E-state index < -0.39 is 0 Å². The minimum absolute atomic E-state index is 0.492. The summed E-state index contributed by atoms with van der Waals surface area (Å²) in [5.74, 6) is 3.05. The summed E-state index contributed by atoms with van der Waals surface area (Å²) in [6.07, 6.45) is 5.09. The number of nitrogens with zero attached hydrogens (tertiary/aromatic N) is 1. The highest BCUT2D eigenvalue weighted by atomic mass is 32.2. The minimum Gasteiger partial charge on any atom is -0.444 e. The largest absolute Gasteiger partial charge is 0.444 e. The lowest BCUT2D eigenvalue weighted by Crippen LogP contribution is -2.01. The molecule has 2 heterocycles. The Morgan fingerprint density at radius 1 is 1.69 bits per heavy atom. The standard InChI is InChI=1S/C9H14N2OS/c10-4-3-7-6-11-9(12-7)8-2-1-5-13-8/h6,8H,1-5,10H2. The van der Waals surface area contributed by atoms with Gasteiger partial charge in [0.25, 0.3) is 0 Å². The zero-order valence-corrected chi connectivity index (χ0v) is 8.35. The molecule has 13 heavy (non-hydrogen) atoms. The lowest BCUT2D eigenvalue weighted by Gasteiger charge is -2.01. The van der Waals surface area contributed by atoms with Crippen molar-refractivity contribution < 1.29 is 4.42 Å². The van der Waals surface area contributed by atoms with Crippen molar-refractivity contribution in [1.82, 2.24) is 4.98 Å². The predicted molar refractivity (Wildman–Crippen MR) is 53.7 cm³/mol. The Bertz CT molecular complexity index is 268. The summed E-state index contributed by atoms with van der Waals surface area (Å²) < 4.78 is 5.60. The Kier molecular flexibility index (Phi) is 2.90. The van der Waals surface area contributed by atoms with Crippen LogP contribution in [0.5, 0.6) is 0 Å². The van der Waals surface area contributed by atoms with Crippen LogP contribution in [0.1, 0.15) is 29.7 Å². The van der Waals surface area contributed by atoms with Crippen LogP contribution in [0.2, 0.25) is 0 Å². The summed E-state index contributed by atoms with van der Waals surface area (Å²) >= 11 is 1.94. The molecule has 72 valence electrons. The van der Waals surface area contributed by atoms with Gasteiger partial charge < -0.3 is 10.2 Å². The highest BCUT2D eigenvalue weighted by Gasteiger charge is 2.22. The third-order valence-electron chi connectivity index (χ3n) is 2.17. The molecule has 0 bridgehead atoms. The van der Waals surface area contributed by atoms with E-state index in [-0.39, 0.29) is 0 Å². The van der Waals surface area contributed by atoms with Crippen LogP contribution in [0.15, 0.2) is 10.6 Å². The molecule has 1 saturated heterocycles. The molecule has 0 aromatic carbocycles. The SMILES string of the molecule is NCCc1cnc(C2CCCS2)o1. The molecule has 1 aromatic rings. The minimum atomic E-state index is 0.492. The summed E-state index contributed by atoms with van der Waals surface area (Å²) in [4.78, 5) is 4.27. The first-order valence-electron chi connectivity index (χ1n) is 4.66. The molecule has 2 N–H and O–H groups in total. The van der Waals surface area contributed by atoms with Gasteiger partial charge in [0, 0.05) is 6.42 Å². The van der Waals surface area contributed by atoms with Crippen molar-refractivity contribution >= 4 is 11.8 Å². The van der Waals surface area contributed by atoms with Gasteiger partial charge in [-0.25, -0.2) is 4.98 Å². The number of hydrogen-bond acceptors (Lipinski definition) is 4. The van der Waals surface area contributed by atoms with E-state index in [4.69, 9.17) is 10.2 Å². The first-order chi connectivity index (χ1) is 6.40. The fourth-order valence-corrected chi connectivity index (χ4v) is 2.70. The maximum Gasteiger partial charge on any atom is 0.207 e. The number of rotatable bonds is 3. The molecule has 0 aliphatic carbocycles. The van der Waals surface area contributed by atoms with E-state index in [0.717, 1.165) is 18.1 Å². The molecular weight excluding hydrogens is 184 g/mol. The molecule has 1 unspecified atom stereocenters. The zero-order chi connectivity index (χ0) is 9.10. The molecule has 1 fully saturated rings. The average molecular weight is 198 g/mol. The Labute approximate surface area is 82.1 Å². The number of hydrogen-bond donors (Lipinski definition) is 1. The molecule has 3 nitrogen and oxygen atoms in total. The van der Waals surface area contributed by atoms with Gasteiger partial charge in [-0.1, -0.05) is 0 Å². The van der Waals surface area contributed by atoms with Gasteiger partial charge in [-0.15, -0.1) is 11.8 Å². The molecule has 2 rings (SSSR count). The van der Waals surface area contributed by atoms with Crippen LogP contribution in [-0.4, -0.2) is 17.3 Å². The van der Waals surface area contributed by atoms with Gasteiger partial charge in [0.05, 0.1) is 11.4 Å². The topological polar surface area (TPSA) is 52.0 Å². The maximum absolute atomic E-state index is 5.60. The molecule has 0 amide bonds. The fraction of sp³-hybridized carbons (Fsp3) is 0.667. The van der Waals surface area contributed by atoms with Crippen LogP contribution in [0, 0.1) is 0 Å². The quantitative estimate of drug-likeness (QED) is 0.803. The summed E-state index contributed by atoms with van der Waals surface area (Å²) in [5.41, 5.74) is 5.43. The van der Waals surface area contributed by atoms with E-state index >= 15 is 0 Å². The van der Waals surface area contributed by atoms with Crippen LogP contribution >= 0.6 is 11.8 Å². The van der Waals surface area contributed by atoms with Gasteiger partial charge in [-0.2, -0.15) is 0 Å². The first kappa shape index (κ1) is 9.09. The molecule has 1 aliphatic rings. The summed E-state index contributed by atoms with van der Waals surface area (Å²) in [7, 11) is 0. The Balaban J connectivity index is 2.03. The van der Waals surface area contributed by atoms with Crippen LogP contribution in [0.25, 0.3) is 0 Å². The number of aromatic nitrogens is 1. The molecule has 1 aromatic heterocycles. The first-order valence-corrected chi connectivity index (χ1v) is 5.71. The molecular formula is C9H14N2OS. The third-order valence-corrected chi connectivity index (χ3v) is 3.53. The van der Waals surface area contributed by atoms with E-state index in [1.807, 2.05) is 11.8 Å². The Morgan fingerprint density at radius 3 is 3.31 bits per heavy atom. The second kappa shape index (κ2) is 4.15. The van der Waals surface area contributed by atoms with Gasteiger partial charge in [0.15, 0.2) is 0 Å². The van der Waals surface area contributed by atoms with E-state index in [9.17, 15) is 0 Å². The van der Waals surface area contributed by atoms with Gasteiger partial charge in [0.1, 0.15) is 5.76 Å². The van der Waals surface area contributed by atoms with E-state index in [1.54, 1.807) is 6.20 Å². The predicted octanol–water partition coefficient (Wildman–Crippen LogP) is 1.74. The van der Waals surface area contributed by atoms with Crippen molar-refractivity contribution in [2.45, 2.75) is 24.5 Å². The van der Waals surface area contributed by atoms with Gasteiger partial charge in [0.2, 0.25) is 5.89 Å². The number of oxazole rings is 1. The van der Waals surface area contributed by atoms with Gasteiger partial charge in [-0.3, -0.25) is 0 Å². The van der Waals surface area contributed by atoms with Gasteiger partial charge >= 0.3 is 0 Å². The Hall–Kier alpha value is -0.480. The van der Waals surface area contributed by atoms with E-state index in [1.165, 1.54) is 18.6 Å². The Morgan fingerprint density at radius 2 is 2.62 bits per heavy atom. The van der Waals surface area contributed by atoms with Crippen LogP contribution in [0.4, 0.5) is 0 Å². The third kappa shape index (κ3) is 2.06. The molecule has 1 atom stereocenters. The van der Waals surface area contributed by atoms with Crippen molar-refractivity contribution in [2.24, 2.45) is 5.73 Å². The second-order valence-corrected chi connectivity index (χ2v) is 4.52. The molecule has 0 spiro atoms. The monoisotopic (exact) mass is 198 g/mol. The number of thioether (sulfide) groups is 1. The highest BCUT2D eigenvalue weighted by molar-refractivity contribution is 7.99. The van der Waals surface area contributed by atoms with Crippen molar-refractivity contribution in [3.05, 3.63) is 17.8 Å². The van der Waals surface area contributed by atoms with Gasteiger partial charge in [-0.05, 0) is 25.1 Å². The van der Waals surface area contributed by atoms with E-state index in [0.29, 0.717) is 11.8 Å². The highest BCUT2D eigenvalue weighted by Crippen LogP contribution is 2.39. The average Bonchev–Trinajstić information content (AvgIpc) is 2.70. The second-order valence-electron chi connectivity index (χ2n) is 3.21. The lowest BCUT2D eigenvalue weighted by atomic mass is 10.2. The number of nitrogens with two attached hydrogens (primary N) is 1. The lowest BCUT2D eigenvalue weighted by molar-refractivity contribution is 0.449. The smallest absolute Gasteiger partial charge is 0.207 e. The zero-order valence-electron chi connectivity index (χ0n) is 7.53. The summed E-state index contributed by atoms with van der Waals surface area (Å²) in [6.45, 7) is 0.631. The van der Waals surface area contributed by atoms with E-state index in [2.05, 4.69) is 4.98 Å². The van der Waals surface area contributed by atoms with Crippen LogP contribution in [0.3, 0.4) is 0 Å². The van der Waals surface area contributed by atoms with Crippen molar-refractivity contribution in [2.75, 3.05) is 12.3 Å². The van der Waals surface area contributed by atoms with Crippen LogP contribution in [-0.2, 0) is 6.42 Å². The molecule has 1 aliphatic heterocycles. The van der Waals surface area contributed by atoms with Crippen molar-refractivity contribution in [3.8, 4) is 0 Å².